The van der Waals surface area contributed by atoms with Gasteiger partial charge < -0.3 is 14.6 Å². The van der Waals surface area contributed by atoms with Crippen molar-refractivity contribution in [2.24, 2.45) is 0 Å². The van der Waals surface area contributed by atoms with Crippen molar-refractivity contribution in [3.8, 4) is 5.88 Å². The highest BCUT2D eigenvalue weighted by atomic mass is 16.5. The summed E-state index contributed by atoms with van der Waals surface area (Å²) >= 11 is 0. The van der Waals surface area contributed by atoms with Gasteiger partial charge in [-0.15, -0.1) is 0 Å². The highest BCUT2D eigenvalue weighted by Gasteiger charge is 2.25. The summed E-state index contributed by atoms with van der Waals surface area (Å²) in [6.45, 7) is 1.17. The monoisotopic (exact) mass is 209 g/mol. The van der Waals surface area contributed by atoms with Gasteiger partial charge in [0.05, 0.1) is 0 Å². The van der Waals surface area contributed by atoms with E-state index in [-0.39, 0.29) is 11.4 Å². The van der Waals surface area contributed by atoms with E-state index in [0.717, 1.165) is 12.8 Å². The van der Waals surface area contributed by atoms with Gasteiger partial charge in [0, 0.05) is 25.0 Å². The van der Waals surface area contributed by atoms with Crippen LogP contribution in [-0.4, -0.2) is 29.8 Å². The molecule has 1 heterocycles. The Morgan fingerprint density at radius 1 is 1.67 bits per heavy atom. The zero-order chi connectivity index (χ0) is 10.7. The number of ether oxygens (including phenoxy) is 1. The molecule has 1 saturated carbocycles. The minimum atomic E-state index is -0.115. The Hall–Kier alpha value is -1.36. The lowest BCUT2D eigenvalue weighted by atomic mass is 10.5. The molecule has 1 aromatic heterocycles. The predicted octanol–water partition coefficient (Wildman–Crippen LogP) is 0.176. The van der Waals surface area contributed by atoms with E-state index < -0.39 is 0 Å². The van der Waals surface area contributed by atoms with Crippen LogP contribution in [0, 0.1) is 0 Å². The average molecular weight is 209 g/mol. The molecule has 0 amide bonds. The molecule has 1 N–H and O–H groups in total. The standard InChI is InChI=1S/C10H15N3O2/c1-11-5-7-15-9-10(14)13(6-4-12-9)8-2-3-8/h4,6,8,11H,2-3,5,7H2,1H3. The summed E-state index contributed by atoms with van der Waals surface area (Å²) in [7, 11) is 1.84. The lowest BCUT2D eigenvalue weighted by Crippen LogP contribution is -2.24. The Labute approximate surface area is 88.1 Å². The molecule has 1 fully saturated rings. The quantitative estimate of drug-likeness (QED) is 0.703. The van der Waals surface area contributed by atoms with Crippen LogP contribution < -0.4 is 15.6 Å². The van der Waals surface area contributed by atoms with Crippen molar-refractivity contribution in [3.63, 3.8) is 0 Å². The van der Waals surface area contributed by atoms with Gasteiger partial charge in [-0.05, 0) is 19.9 Å². The second-order valence-corrected chi connectivity index (χ2v) is 3.63. The number of nitrogens with zero attached hydrogens (tertiary/aromatic N) is 2. The third kappa shape index (κ3) is 2.36. The summed E-state index contributed by atoms with van der Waals surface area (Å²) < 4.78 is 7.00. The molecule has 0 unspecified atom stereocenters. The van der Waals surface area contributed by atoms with Crippen LogP contribution >= 0.6 is 0 Å². The molecule has 0 spiro atoms. The fraction of sp³-hybridized carbons (Fsp3) is 0.600. The van der Waals surface area contributed by atoms with Gasteiger partial charge in [0.15, 0.2) is 0 Å². The number of nitrogens with one attached hydrogen (secondary N) is 1. The van der Waals surface area contributed by atoms with Gasteiger partial charge in [0.2, 0.25) is 0 Å². The molecule has 0 bridgehead atoms. The fourth-order valence-electron chi connectivity index (χ4n) is 1.40. The predicted molar refractivity (Wildman–Crippen MR) is 56.2 cm³/mol. The highest BCUT2D eigenvalue weighted by molar-refractivity contribution is 5.06. The number of hydrogen-bond donors (Lipinski definition) is 1. The van der Waals surface area contributed by atoms with E-state index in [2.05, 4.69) is 10.3 Å². The third-order valence-corrected chi connectivity index (χ3v) is 2.37. The van der Waals surface area contributed by atoms with Crippen LogP contribution in [0.15, 0.2) is 17.2 Å². The van der Waals surface area contributed by atoms with E-state index in [1.54, 1.807) is 17.0 Å². The molecule has 0 aromatic carbocycles. The second kappa shape index (κ2) is 4.44. The Morgan fingerprint density at radius 2 is 2.47 bits per heavy atom. The molecule has 2 rings (SSSR count). The first-order chi connectivity index (χ1) is 7.33. The number of likely N-dealkylation sites (N-methyl/N-ethyl adjacent to an activating group) is 1. The third-order valence-electron chi connectivity index (χ3n) is 2.37. The first kappa shape index (κ1) is 10.2. The normalized spacial score (nSPS) is 15.3. The number of rotatable bonds is 5. The van der Waals surface area contributed by atoms with Gasteiger partial charge in [-0.25, -0.2) is 4.98 Å². The van der Waals surface area contributed by atoms with Gasteiger partial charge in [-0.1, -0.05) is 0 Å². The fourth-order valence-corrected chi connectivity index (χ4v) is 1.40. The second-order valence-electron chi connectivity index (χ2n) is 3.63. The molecule has 1 aliphatic carbocycles. The lowest BCUT2D eigenvalue weighted by molar-refractivity contribution is 0.298. The summed E-state index contributed by atoms with van der Waals surface area (Å²) in [4.78, 5) is 15.7. The molecule has 0 atom stereocenters. The highest BCUT2D eigenvalue weighted by Crippen LogP contribution is 2.33. The minimum Gasteiger partial charge on any atom is -0.472 e. The molecule has 5 nitrogen and oxygen atoms in total. The lowest BCUT2D eigenvalue weighted by Gasteiger charge is -2.06. The average Bonchev–Trinajstić information content (AvgIpc) is 3.05. The van der Waals surface area contributed by atoms with Crippen molar-refractivity contribution in [2.75, 3.05) is 20.2 Å². The van der Waals surface area contributed by atoms with E-state index in [0.29, 0.717) is 19.2 Å². The van der Waals surface area contributed by atoms with Crippen LogP contribution in [0.3, 0.4) is 0 Å². The van der Waals surface area contributed by atoms with Crippen LogP contribution in [-0.2, 0) is 0 Å². The van der Waals surface area contributed by atoms with Crippen molar-refractivity contribution in [2.45, 2.75) is 18.9 Å². The van der Waals surface area contributed by atoms with Crippen molar-refractivity contribution in [1.29, 1.82) is 0 Å². The molecule has 1 aliphatic rings. The Bertz CT molecular complexity index is 384. The molecule has 0 radical (unpaired) electrons. The zero-order valence-electron chi connectivity index (χ0n) is 8.77. The number of aromatic nitrogens is 2. The van der Waals surface area contributed by atoms with E-state index in [4.69, 9.17) is 4.74 Å². The van der Waals surface area contributed by atoms with E-state index in [9.17, 15) is 4.79 Å². The topological polar surface area (TPSA) is 56.1 Å². The van der Waals surface area contributed by atoms with Gasteiger partial charge in [0.1, 0.15) is 6.61 Å². The maximum Gasteiger partial charge on any atom is 0.313 e. The van der Waals surface area contributed by atoms with Crippen LogP contribution in [0.5, 0.6) is 5.88 Å². The zero-order valence-corrected chi connectivity index (χ0v) is 8.77. The smallest absolute Gasteiger partial charge is 0.313 e. The van der Waals surface area contributed by atoms with Gasteiger partial charge in [-0.3, -0.25) is 4.79 Å². The van der Waals surface area contributed by atoms with Gasteiger partial charge >= 0.3 is 5.56 Å². The van der Waals surface area contributed by atoms with Crippen molar-refractivity contribution >= 4 is 0 Å². The molecule has 0 aliphatic heterocycles. The molecular formula is C10H15N3O2. The van der Waals surface area contributed by atoms with Gasteiger partial charge in [-0.2, -0.15) is 0 Å². The van der Waals surface area contributed by atoms with Crippen LogP contribution in [0.1, 0.15) is 18.9 Å². The molecule has 82 valence electrons. The maximum atomic E-state index is 11.8. The van der Waals surface area contributed by atoms with Crippen LogP contribution in [0.2, 0.25) is 0 Å². The Balaban J connectivity index is 2.09. The molecule has 15 heavy (non-hydrogen) atoms. The molecule has 0 saturated heterocycles. The van der Waals surface area contributed by atoms with Crippen molar-refractivity contribution in [1.82, 2.24) is 14.9 Å². The maximum absolute atomic E-state index is 11.8. The summed E-state index contributed by atoms with van der Waals surface area (Å²) in [5, 5.41) is 2.95. The summed E-state index contributed by atoms with van der Waals surface area (Å²) in [5.74, 6) is 0.208. The first-order valence-corrected chi connectivity index (χ1v) is 5.17. The largest absolute Gasteiger partial charge is 0.472 e. The van der Waals surface area contributed by atoms with Crippen molar-refractivity contribution in [3.05, 3.63) is 22.7 Å². The first-order valence-electron chi connectivity index (χ1n) is 5.17. The van der Waals surface area contributed by atoms with E-state index in [1.165, 1.54) is 0 Å². The summed E-state index contributed by atoms with van der Waals surface area (Å²) in [6.07, 6.45) is 5.51. The van der Waals surface area contributed by atoms with Crippen LogP contribution in [0.4, 0.5) is 0 Å². The minimum absolute atomic E-state index is 0.115. The van der Waals surface area contributed by atoms with Crippen molar-refractivity contribution < 1.29 is 4.74 Å². The molecule has 5 heteroatoms. The Morgan fingerprint density at radius 3 is 3.13 bits per heavy atom. The van der Waals surface area contributed by atoms with E-state index in [1.807, 2.05) is 7.05 Å². The molecule has 1 aromatic rings. The van der Waals surface area contributed by atoms with Gasteiger partial charge in [0.25, 0.3) is 5.88 Å². The van der Waals surface area contributed by atoms with E-state index >= 15 is 0 Å². The molecular weight excluding hydrogens is 194 g/mol. The number of hydrogen-bond acceptors (Lipinski definition) is 4. The Kier molecular flexibility index (Phi) is 3.01. The summed E-state index contributed by atoms with van der Waals surface area (Å²) in [5.41, 5.74) is -0.115. The summed E-state index contributed by atoms with van der Waals surface area (Å²) in [6, 6.07) is 0.368. The SMILES string of the molecule is CNCCOc1nccn(C2CC2)c1=O. The van der Waals surface area contributed by atoms with Crippen LogP contribution in [0.25, 0.3) is 0 Å².